The third-order valence-electron chi connectivity index (χ3n) is 4.40. The van der Waals surface area contributed by atoms with Crippen molar-refractivity contribution in [2.45, 2.75) is 13.5 Å². The zero-order valence-corrected chi connectivity index (χ0v) is 19.8. The minimum Gasteiger partial charge on any atom is -0.545 e. The van der Waals surface area contributed by atoms with Crippen molar-refractivity contribution >= 4 is 17.8 Å². The molecule has 0 radical (unpaired) electrons. The van der Waals surface area contributed by atoms with Crippen molar-refractivity contribution < 1.29 is 70.8 Å². The smallest absolute Gasteiger partial charge is 0.545 e. The number of rotatable bonds is 7. The van der Waals surface area contributed by atoms with Crippen LogP contribution in [0.25, 0.3) is 6.08 Å². The van der Waals surface area contributed by atoms with E-state index in [1.54, 1.807) is 55.7 Å². The topological polar surface area (TPSA) is 71.4 Å². The molecule has 142 valence electrons. The molecule has 2 aromatic carbocycles. The van der Waals surface area contributed by atoms with Crippen molar-refractivity contribution in [2.24, 2.45) is 0 Å². The minimum atomic E-state index is -1.22. The molecule has 0 aliphatic rings. The predicted molar refractivity (Wildman–Crippen MR) is 105 cm³/mol. The third-order valence-corrected chi connectivity index (χ3v) is 4.40. The first-order valence-corrected chi connectivity index (χ1v) is 8.82. The predicted octanol–water partition coefficient (Wildman–Crippen LogP) is 0.117. The van der Waals surface area contributed by atoms with Crippen molar-refractivity contribution in [3.05, 3.63) is 94.8 Å². The molecule has 0 saturated heterocycles. The van der Waals surface area contributed by atoms with Gasteiger partial charge in [-0.15, -0.1) is 0 Å². The van der Waals surface area contributed by atoms with Crippen LogP contribution in [0.15, 0.2) is 66.9 Å². The van der Waals surface area contributed by atoms with Gasteiger partial charge < -0.3 is 19.2 Å². The first kappa shape index (κ1) is 23.3. The summed E-state index contributed by atoms with van der Waals surface area (Å²) in [6, 6.07) is 15.5. The maximum atomic E-state index is 12.9. The van der Waals surface area contributed by atoms with Gasteiger partial charge in [-0.25, -0.2) is 0 Å². The minimum absolute atomic E-state index is 0. The summed E-state index contributed by atoms with van der Waals surface area (Å²) < 4.78 is 6.98. The monoisotopic (exact) mass is 413 g/mol. The Morgan fingerprint density at radius 3 is 2.45 bits per heavy atom. The molecule has 0 spiro atoms. The number of methoxy groups -OCH3 is 1. The molecule has 1 heterocycles. The summed E-state index contributed by atoms with van der Waals surface area (Å²) in [6.07, 6.45) is 5.44. The second kappa shape index (κ2) is 10.7. The van der Waals surface area contributed by atoms with Crippen molar-refractivity contribution in [3.63, 3.8) is 0 Å². The molecule has 1 aromatic heterocycles. The Hall–Kier alpha value is -1.96. The van der Waals surface area contributed by atoms with Crippen LogP contribution in [0.1, 0.15) is 37.5 Å². The van der Waals surface area contributed by atoms with E-state index in [1.807, 2.05) is 29.8 Å². The molecule has 3 aromatic rings. The van der Waals surface area contributed by atoms with Crippen molar-refractivity contribution in [1.29, 1.82) is 0 Å². The molecule has 0 saturated carbocycles. The molecule has 6 heteroatoms. The van der Waals surface area contributed by atoms with E-state index in [1.165, 1.54) is 6.07 Å². The van der Waals surface area contributed by atoms with Crippen LogP contribution in [-0.2, 0) is 6.54 Å². The third kappa shape index (κ3) is 5.78. The van der Waals surface area contributed by atoms with Gasteiger partial charge in [0.1, 0.15) is 5.75 Å². The van der Waals surface area contributed by atoms with Gasteiger partial charge in [0.15, 0.2) is 0 Å². The average molecular weight is 414 g/mol. The fourth-order valence-electron chi connectivity index (χ4n) is 3.01. The van der Waals surface area contributed by atoms with Crippen LogP contribution >= 0.6 is 0 Å². The number of carboxylic acid groups (broad SMARTS) is 1. The second-order valence-corrected chi connectivity index (χ2v) is 6.39. The second-order valence-electron chi connectivity index (χ2n) is 6.39. The Labute approximate surface area is 212 Å². The van der Waals surface area contributed by atoms with Crippen LogP contribution in [0.5, 0.6) is 5.75 Å². The molecule has 0 N–H and O–H groups in total. The van der Waals surface area contributed by atoms with Gasteiger partial charge in [-0.05, 0) is 48.4 Å². The number of ether oxygens (including phenoxy) is 1. The number of hydrogen-bond acceptors (Lipinski definition) is 4. The van der Waals surface area contributed by atoms with Gasteiger partial charge in [0.05, 0.1) is 18.8 Å². The number of aryl methyl sites for hydroxylation is 1. The molecule has 0 unspecified atom stereocenters. The number of ketones is 1. The molecule has 0 aliphatic carbocycles. The Morgan fingerprint density at radius 2 is 1.79 bits per heavy atom. The molecule has 5 nitrogen and oxygen atoms in total. The first-order chi connectivity index (χ1) is 13.5. The normalized spacial score (nSPS) is 10.6. The number of hydrogen-bond donors (Lipinski definition) is 0. The molecule has 0 aliphatic heterocycles. The molecular weight excluding hydrogens is 393 g/mol. The fourth-order valence-corrected chi connectivity index (χ4v) is 3.01. The quantitative estimate of drug-likeness (QED) is 0.407. The van der Waals surface area contributed by atoms with Crippen molar-refractivity contribution in [1.82, 2.24) is 4.57 Å². The maximum Gasteiger partial charge on any atom is 1.00 e. The van der Waals surface area contributed by atoms with Crippen LogP contribution in [0.4, 0.5) is 0 Å². The van der Waals surface area contributed by atoms with E-state index in [9.17, 15) is 14.7 Å². The Balaban J connectivity index is 0.00000300. The zero-order valence-electron chi connectivity index (χ0n) is 16.7. The molecule has 0 fully saturated rings. The van der Waals surface area contributed by atoms with E-state index in [2.05, 4.69) is 0 Å². The summed E-state index contributed by atoms with van der Waals surface area (Å²) in [7, 11) is 1.58. The number of aromatic carboxylic acids is 1. The van der Waals surface area contributed by atoms with Crippen LogP contribution in [0.2, 0.25) is 0 Å². The molecule has 0 atom stereocenters. The molecule has 0 bridgehead atoms. The number of allylic oxidation sites excluding steroid dienone is 1. The van der Waals surface area contributed by atoms with Gasteiger partial charge >= 0.3 is 51.4 Å². The molecular formula is C23H20KNO4. The van der Waals surface area contributed by atoms with E-state index in [0.717, 1.165) is 5.56 Å². The van der Waals surface area contributed by atoms with E-state index < -0.39 is 5.97 Å². The van der Waals surface area contributed by atoms with Crippen molar-refractivity contribution in [3.8, 4) is 5.75 Å². The molecule has 0 amide bonds. The van der Waals surface area contributed by atoms with Gasteiger partial charge in [0.2, 0.25) is 5.78 Å². The summed E-state index contributed by atoms with van der Waals surface area (Å²) in [4.78, 5) is 24.1. The first-order valence-electron chi connectivity index (χ1n) is 8.82. The van der Waals surface area contributed by atoms with E-state index >= 15 is 0 Å². The average Bonchev–Trinajstić information content (AvgIpc) is 3.08. The Morgan fingerprint density at radius 1 is 1.10 bits per heavy atom. The number of benzene rings is 2. The van der Waals surface area contributed by atoms with E-state index in [-0.39, 0.29) is 62.7 Å². The van der Waals surface area contributed by atoms with Gasteiger partial charge in [-0.1, -0.05) is 36.4 Å². The summed E-state index contributed by atoms with van der Waals surface area (Å²) in [5, 5.41) is 11.2. The van der Waals surface area contributed by atoms with Gasteiger partial charge in [0, 0.05) is 23.9 Å². The zero-order chi connectivity index (χ0) is 20.1. The summed E-state index contributed by atoms with van der Waals surface area (Å²) >= 11 is 0. The van der Waals surface area contributed by atoms with Crippen LogP contribution < -0.4 is 61.2 Å². The Bertz CT molecular complexity index is 1040. The van der Waals surface area contributed by atoms with E-state index in [4.69, 9.17) is 4.74 Å². The molecule has 3 rings (SSSR count). The number of nitrogens with zero attached hydrogens (tertiary/aromatic N) is 1. The number of carbonyl (C=O) groups excluding carboxylic acids is 2. The summed E-state index contributed by atoms with van der Waals surface area (Å²) in [6.45, 7) is 2.36. The van der Waals surface area contributed by atoms with Gasteiger partial charge in [0.25, 0.3) is 0 Å². The number of carbonyl (C=O) groups is 2. The van der Waals surface area contributed by atoms with E-state index in [0.29, 0.717) is 29.1 Å². The number of aromatic nitrogens is 1. The molecule has 29 heavy (non-hydrogen) atoms. The van der Waals surface area contributed by atoms with Crippen molar-refractivity contribution in [2.75, 3.05) is 7.11 Å². The van der Waals surface area contributed by atoms with Crippen LogP contribution in [-0.4, -0.2) is 23.4 Å². The summed E-state index contributed by atoms with van der Waals surface area (Å²) in [5.74, 6) is -0.607. The van der Waals surface area contributed by atoms with Crippen LogP contribution in [0, 0.1) is 6.92 Å². The standard InChI is InChI=1S/C23H21NO4.K/c1-16-14-21(22(25)18-9-11-19(28-2)12-10-18)24(15-16)13-5-7-17-6-3-4-8-20(17)23(26)27;/h3-12,14-15H,13H2,1-2H3,(H,26,27);/q;+1/p-1/b7-5+;. The van der Waals surface area contributed by atoms with Gasteiger partial charge in [-0.3, -0.25) is 4.79 Å². The Kier molecular flexibility index (Phi) is 8.61. The summed E-state index contributed by atoms with van der Waals surface area (Å²) in [5.41, 5.74) is 2.82. The SMILES string of the molecule is COc1ccc(C(=O)c2cc(C)cn2C/C=C/c2ccccc2C(=O)[O-])cc1.[K+]. The fraction of sp³-hybridized carbons (Fsp3) is 0.130. The van der Waals surface area contributed by atoms with Gasteiger partial charge in [-0.2, -0.15) is 0 Å². The van der Waals surface area contributed by atoms with Crippen LogP contribution in [0.3, 0.4) is 0 Å². The number of carboxylic acids is 1. The maximum absolute atomic E-state index is 12.9. The largest absolute Gasteiger partial charge is 1.00 e.